The lowest BCUT2D eigenvalue weighted by Gasteiger charge is -2.17. The molecule has 0 saturated heterocycles. The van der Waals surface area contributed by atoms with E-state index in [0.29, 0.717) is 0 Å². The largest absolute Gasteiger partial charge is 0.493 e. The van der Waals surface area contributed by atoms with Crippen molar-refractivity contribution in [2.45, 2.75) is 18.9 Å². The molecule has 0 bridgehead atoms. The first-order valence-electron chi connectivity index (χ1n) is 6.31. The average Bonchev–Trinajstić information content (AvgIpc) is 3.04. The van der Waals surface area contributed by atoms with Gasteiger partial charge in [0, 0.05) is 10.9 Å². The number of thiophene rings is 1. The van der Waals surface area contributed by atoms with Crippen molar-refractivity contribution in [1.29, 1.82) is 0 Å². The molecular weight excluding hydrogens is 404 g/mol. The van der Waals surface area contributed by atoms with Crippen LogP contribution >= 0.6 is 43.2 Å². The molecule has 2 aromatic rings. The van der Waals surface area contributed by atoms with Gasteiger partial charge in [0.2, 0.25) is 0 Å². The highest BCUT2D eigenvalue weighted by molar-refractivity contribution is 9.11. The Hall–Kier alpha value is -0.400. The van der Waals surface area contributed by atoms with Crippen LogP contribution in [0.15, 0.2) is 31.8 Å². The minimum atomic E-state index is 0.0835. The number of ether oxygens (including phenoxy) is 1. The Morgan fingerprint density at radius 2 is 2.20 bits per heavy atom. The third kappa shape index (κ3) is 2.94. The topological polar surface area (TPSA) is 47.3 Å². The molecule has 3 N–H and O–H groups in total. The zero-order chi connectivity index (χ0) is 14.1. The number of hydrogen-bond acceptors (Lipinski definition) is 4. The number of nitrogens with one attached hydrogen (secondary N) is 1. The van der Waals surface area contributed by atoms with Crippen molar-refractivity contribution in [3.8, 4) is 5.75 Å². The maximum Gasteiger partial charge on any atom is 0.125 e. The molecule has 1 atom stereocenters. The van der Waals surface area contributed by atoms with Gasteiger partial charge in [-0.2, -0.15) is 0 Å². The van der Waals surface area contributed by atoms with Crippen molar-refractivity contribution in [1.82, 2.24) is 5.43 Å². The Balaban J connectivity index is 1.90. The van der Waals surface area contributed by atoms with Crippen molar-refractivity contribution >= 4 is 43.2 Å². The molecule has 1 aromatic carbocycles. The van der Waals surface area contributed by atoms with E-state index in [-0.39, 0.29) is 6.04 Å². The maximum atomic E-state index is 5.77. The minimum absolute atomic E-state index is 0.0835. The molecule has 3 nitrogen and oxygen atoms in total. The molecule has 0 saturated carbocycles. The summed E-state index contributed by atoms with van der Waals surface area (Å²) < 4.78 is 7.99. The molecule has 106 valence electrons. The summed E-state index contributed by atoms with van der Waals surface area (Å²) in [7, 11) is 0. The molecule has 3 rings (SSSR count). The fraction of sp³-hybridized carbons (Fsp3) is 0.286. The molecule has 0 spiro atoms. The molecule has 6 heteroatoms. The predicted molar refractivity (Wildman–Crippen MR) is 89.1 cm³/mol. The number of hydrogen-bond donors (Lipinski definition) is 2. The highest BCUT2D eigenvalue weighted by Crippen LogP contribution is 2.36. The Morgan fingerprint density at radius 3 is 2.90 bits per heavy atom. The summed E-state index contributed by atoms with van der Waals surface area (Å²) >= 11 is 8.74. The molecule has 1 aliphatic heterocycles. The van der Waals surface area contributed by atoms with E-state index in [1.165, 1.54) is 16.7 Å². The molecule has 2 heterocycles. The van der Waals surface area contributed by atoms with Crippen molar-refractivity contribution in [3.63, 3.8) is 0 Å². The second-order valence-electron chi connectivity index (χ2n) is 4.76. The number of fused-ring (bicyclic) bond motifs is 1. The number of halogens is 2. The van der Waals surface area contributed by atoms with E-state index in [1.807, 2.05) is 0 Å². The summed E-state index contributed by atoms with van der Waals surface area (Å²) in [6.45, 7) is 0.767. The third-order valence-electron chi connectivity index (χ3n) is 3.44. The van der Waals surface area contributed by atoms with Crippen LogP contribution in [0.4, 0.5) is 0 Å². The zero-order valence-electron chi connectivity index (χ0n) is 10.7. The van der Waals surface area contributed by atoms with Crippen LogP contribution < -0.4 is 16.0 Å². The Bertz CT molecular complexity index is 630. The fourth-order valence-corrected chi connectivity index (χ4v) is 4.28. The first-order chi connectivity index (χ1) is 9.67. The van der Waals surface area contributed by atoms with Crippen molar-refractivity contribution in [3.05, 3.63) is 48.5 Å². The molecule has 20 heavy (non-hydrogen) atoms. The van der Waals surface area contributed by atoms with Crippen LogP contribution in [0, 0.1) is 0 Å². The van der Waals surface area contributed by atoms with Gasteiger partial charge in [-0.25, -0.2) is 0 Å². The summed E-state index contributed by atoms with van der Waals surface area (Å²) in [5, 5.41) is 2.12. The highest BCUT2D eigenvalue weighted by Gasteiger charge is 2.21. The minimum Gasteiger partial charge on any atom is -0.493 e. The normalized spacial score (nSPS) is 14.9. The quantitative estimate of drug-likeness (QED) is 0.584. The standard InChI is InChI=1S/C14H14Br2N2OS/c15-11-3-8-1-2-19-14(8)9(4-11)5-12(18-17)10-6-13(16)20-7-10/h3-4,6-7,12,18H,1-2,5,17H2. The van der Waals surface area contributed by atoms with E-state index in [1.54, 1.807) is 11.3 Å². The lowest BCUT2D eigenvalue weighted by atomic mass is 9.99. The molecule has 1 aliphatic rings. The summed E-state index contributed by atoms with van der Waals surface area (Å²) in [4.78, 5) is 0. The van der Waals surface area contributed by atoms with Gasteiger partial charge in [-0.3, -0.25) is 11.3 Å². The Labute approximate surface area is 138 Å². The number of hydrazine groups is 1. The van der Waals surface area contributed by atoms with Crippen LogP contribution in [0.1, 0.15) is 22.7 Å². The van der Waals surface area contributed by atoms with E-state index < -0.39 is 0 Å². The average molecular weight is 418 g/mol. The van der Waals surface area contributed by atoms with E-state index in [2.05, 4.69) is 60.9 Å². The monoisotopic (exact) mass is 416 g/mol. The number of benzene rings is 1. The summed E-state index contributed by atoms with van der Waals surface area (Å²) in [5.74, 6) is 6.76. The van der Waals surface area contributed by atoms with Gasteiger partial charge >= 0.3 is 0 Å². The van der Waals surface area contributed by atoms with Crippen molar-refractivity contribution in [2.24, 2.45) is 5.84 Å². The van der Waals surface area contributed by atoms with Gasteiger partial charge in [-0.15, -0.1) is 11.3 Å². The van der Waals surface area contributed by atoms with Crippen LogP contribution in [0.2, 0.25) is 0 Å². The van der Waals surface area contributed by atoms with Crippen molar-refractivity contribution < 1.29 is 4.74 Å². The second kappa shape index (κ2) is 6.15. The predicted octanol–water partition coefficient (Wildman–Crippen LogP) is 3.96. The van der Waals surface area contributed by atoms with Crippen LogP contribution in [0.3, 0.4) is 0 Å². The van der Waals surface area contributed by atoms with Gasteiger partial charge in [0.1, 0.15) is 5.75 Å². The van der Waals surface area contributed by atoms with Crippen LogP contribution in [0.25, 0.3) is 0 Å². The van der Waals surface area contributed by atoms with Gasteiger partial charge in [-0.1, -0.05) is 15.9 Å². The van der Waals surface area contributed by atoms with Gasteiger partial charge in [0.05, 0.1) is 16.4 Å². The van der Waals surface area contributed by atoms with Gasteiger partial charge in [0.15, 0.2) is 0 Å². The summed E-state index contributed by atoms with van der Waals surface area (Å²) in [5.41, 5.74) is 6.56. The molecule has 1 aromatic heterocycles. The zero-order valence-corrected chi connectivity index (χ0v) is 14.6. The molecule has 0 amide bonds. The lowest BCUT2D eigenvalue weighted by Crippen LogP contribution is -2.29. The first-order valence-corrected chi connectivity index (χ1v) is 8.78. The van der Waals surface area contributed by atoms with Gasteiger partial charge in [-0.05, 0) is 62.6 Å². The van der Waals surface area contributed by atoms with E-state index in [0.717, 1.165) is 33.5 Å². The molecule has 0 radical (unpaired) electrons. The highest BCUT2D eigenvalue weighted by atomic mass is 79.9. The van der Waals surface area contributed by atoms with Crippen LogP contribution in [-0.4, -0.2) is 6.61 Å². The Kier molecular flexibility index (Phi) is 4.47. The third-order valence-corrected chi connectivity index (χ3v) is 5.42. The SMILES string of the molecule is NNC(Cc1cc(Br)cc2c1OCC2)c1csc(Br)c1. The molecular formula is C14H14Br2N2OS. The summed E-state index contributed by atoms with van der Waals surface area (Å²) in [6, 6.07) is 6.45. The van der Waals surface area contributed by atoms with Gasteiger partial charge in [0.25, 0.3) is 0 Å². The molecule has 1 unspecified atom stereocenters. The molecule has 0 aliphatic carbocycles. The fourth-order valence-electron chi connectivity index (χ4n) is 2.50. The van der Waals surface area contributed by atoms with Gasteiger partial charge < -0.3 is 4.74 Å². The summed E-state index contributed by atoms with van der Waals surface area (Å²) in [6.07, 6.45) is 1.79. The molecule has 0 fully saturated rings. The first kappa shape index (κ1) is 14.5. The van der Waals surface area contributed by atoms with E-state index in [9.17, 15) is 0 Å². The van der Waals surface area contributed by atoms with Crippen LogP contribution in [0.5, 0.6) is 5.75 Å². The second-order valence-corrected chi connectivity index (χ2v) is 7.97. The van der Waals surface area contributed by atoms with Crippen molar-refractivity contribution in [2.75, 3.05) is 6.61 Å². The Morgan fingerprint density at radius 1 is 1.35 bits per heavy atom. The van der Waals surface area contributed by atoms with E-state index in [4.69, 9.17) is 10.6 Å². The smallest absolute Gasteiger partial charge is 0.125 e. The maximum absolute atomic E-state index is 5.77. The number of rotatable bonds is 4. The lowest BCUT2D eigenvalue weighted by molar-refractivity contribution is 0.351. The van der Waals surface area contributed by atoms with E-state index >= 15 is 0 Å². The number of nitrogens with two attached hydrogens (primary N) is 1. The van der Waals surface area contributed by atoms with Crippen LogP contribution in [-0.2, 0) is 12.8 Å².